The van der Waals surface area contributed by atoms with Gasteiger partial charge in [-0.25, -0.2) is 4.98 Å². The molecule has 0 spiro atoms. The highest BCUT2D eigenvalue weighted by Gasteiger charge is 2.03. The molecule has 0 N–H and O–H groups in total. The van der Waals surface area contributed by atoms with Crippen LogP contribution in [0.1, 0.15) is 5.56 Å². The SMILES string of the molecule is COCc1ccnc(Cl)c1Cl. The van der Waals surface area contributed by atoms with Crippen LogP contribution in [0.25, 0.3) is 0 Å². The van der Waals surface area contributed by atoms with E-state index in [0.717, 1.165) is 5.56 Å². The van der Waals surface area contributed by atoms with E-state index >= 15 is 0 Å². The van der Waals surface area contributed by atoms with Gasteiger partial charge in [0, 0.05) is 18.9 Å². The lowest BCUT2D eigenvalue weighted by Crippen LogP contribution is -1.90. The molecule has 11 heavy (non-hydrogen) atoms. The highest BCUT2D eigenvalue weighted by atomic mass is 35.5. The Labute approximate surface area is 75.1 Å². The van der Waals surface area contributed by atoms with E-state index in [9.17, 15) is 0 Å². The molecule has 0 aliphatic heterocycles. The molecule has 1 rings (SSSR count). The molecule has 1 aromatic rings. The van der Waals surface area contributed by atoms with Gasteiger partial charge in [-0.15, -0.1) is 0 Å². The van der Waals surface area contributed by atoms with Crippen LogP contribution in [-0.2, 0) is 11.3 Å². The summed E-state index contributed by atoms with van der Waals surface area (Å²) in [6.45, 7) is 0.459. The van der Waals surface area contributed by atoms with Crippen molar-refractivity contribution in [2.24, 2.45) is 0 Å². The number of rotatable bonds is 2. The van der Waals surface area contributed by atoms with Gasteiger partial charge in [0.1, 0.15) is 5.15 Å². The predicted molar refractivity (Wildman–Crippen MR) is 45.0 cm³/mol. The quantitative estimate of drug-likeness (QED) is 0.671. The van der Waals surface area contributed by atoms with Crippen LogP contribution in [0.15, 0.2) is 12.3 Å². The van der Waals surface area contributed by atoms with Crippen molar-refractivity contribution in [3.8, 4) is 0 Å². The molecule has 1 aromatic heterocycles. The number of aromatic nitrogens is 1. The first-order valence-electron chi connectivity index (χ1n) is 3.03. The van der Waals surface area contributed by atoms with E-state index in [1.165, 1.54) is 0 Å². The van der Waals surface area contributed by atoms with E-state index in [1.54, 1.807) is 19.4 Å². The van der Waals surface area contributed by atoms with Crippen LogP contribution in [0, 0.1) is 0 Å². The largest absolute Gasteiger partial charge is 0.380 e. The molecule has 60 valence electrons. The average Bonchev–Trinajstić information content (AvgIpc) is 1.99. The first kappa shape index (κ1) is 8.78. The van der Waals surface area contributed by atoms with Crippen LogP contribution in [0.4, 0.5) is 0 Å². The fraction of sp³-hybridized carbons (Fsp3) is 0.286. The zero-order valence-electron chi connectivity index (χ0n) is 5.97. The fourth-order valence-electron chi connectivity index (χ4n) is 0.722. The van der Waals surface area contributed by atoms with E-state index < -0.39 is 0 Å². The Kier molecular flexibility index (Phi) is 3.12. The zero-order chi connectivity index (χ0) is 8.27. The second-order valence-corrected chi connectivity index (χ2v) is 2.74. The van der Waals surface area contributed by atoms with Crippen molar-refractivity contribution in [2.45, 2.75) is 6.61 Å². The van der Waals surface area contributed by atoms with E-state index in [0.29, 0.717) is 16.8 Å². The first-order chi connectivity index (χ1) is 5.25. The van der Waals surface area contributed by atoms with Crippen molar-refractivity contribution < 1.29 is 4.74 Å². The van der Waals surface area contributed by atoms with Crippen molar-refractivity contribution in [1.82, 2.24) is 4.98 Å². The second-order valence-electron chi connectivity index (χ2n) is 2.01. The Morgan fingerprint density at radius 1 is 1.55 bits per heavy atom. The molecular weight excluding hydrogens is 185 g/mol. The van der Waals surface area contributed by atoms with Gasteiger partial charge in [0.25, 0.3) is 0 Å². The van der Waals surface area contributed by atoms with Crippen molar-refractivity contribution in [3.63, 3.8) is 0 Å². The second kappa shape index (κ2) is 3.90. The third kappa shape index (κ3) is 2.06. The molecule has 0 saturated heterocycles. The maximum Gasteiger partial charge on any atom is 0.147 e. The maximum atomic E-state index is 5.80. The predicted octanol–water partition coefficient (Wildman–Crippen LogP) is 2.53. The van der Waals surface area contributed by atoms with Gasteiger partial charge >= 0.3 is 0 Å². The van der Waals surface area contributed by atoms with Crippen molar-refractivity contribution in [3.05, 3.63) is 28.0 Å². The summed E-state index contributed by atoms with van der Waals surface area (Å²) in [6.07, 6.45) is 1.60. The minimum atomic E-state index is 0.321. The molecule has 1 heterocycles. The van der Waals surface area contributed by atoms with E-state index in [2.05, 4.69) is 4.98 Å². The van der Waals surface area contributed by atoms with Gasteiger partial charge in [0.05, 0.1) is 11.6 Å². The molecular formula is C7H7Cl2NO. The fourth-order valence-corrected chi connectivity index (χ4v) is 1.07. The highest BCUT2D eigenvalue weighted by molar-refractivity contribution is 6.41. The first-order valence-corrected chi connectivity index (χ1v) is 3.79. The van der Waals surface area contributed by atoms with Gasteiger partial charge < -0.3 is 4.74 Å². The molecule has 0 fully saturated rings. The van der Waals surface area contributed by atoms with Crippen LogP contribution < -0.4 is 0 Å². The standard InChI is InChI=1S/C7H7Cl2NO/c1-11-4-5-2-3-10-7(9)6(5)8/h2-3H,4H2,1H3. The molecule has 0 saturated carbocycles. The van der Waals surface area contributed by atoms with Gasteiger partial charge in [-0.05, 0) is 6.07 Å². The number of hydrogen-bond acceptors (Lipinski definition) is 2. The van der Waals surface area contributed by atoms with Crippen LogP contribution in [0.5, 0.6) is 0 Å². The van der Waals surface area contributed by atoms with E-state index in [1.807, 2.05) is 0 Å². The summed E-state index contributed by atoms with van der Waals surface area (Å²) in [5.74, 6) is 0. The summed E-state index contributed by atoms with van der Waals surface area (Å²) in [7, 11) is 1.60. The van der Waals surface area contributed by atoms with Crippen molar-refractivity contribution >= 4 is 23.2 Å². The molecule has 0 atom stereocenters. The van der Waals surface area contributed by atoms with Gasteiger partial charge in [-0.3, -0.25) is 0 Å². The molecule has 0 aromatic carbocycles. The molecule has 0 amide bonds. The number of hydrogen-bond donors (Lipinski definition) is 0. The zero-order valence-corrected chi connectivity index (χ0v) is 7.49. The van der Waals surface area contributed by atoms with Gasteiger partial charge in [-0.2, -0.15) is 0 Å². The Balaban J connectivity index is 2.96. The summed E-state index contributed by atoms with van der Waals surface area (Å²) < 4.78 is 4.89. The van der Waals surface area contributed by atoms with Gasteiger partial charge in [0.2, 0.25) is 0 Å². The third-order valence-corrected chi connectivity index (χ3v) is 2.03. The lowest BCUT2D eigenvalue weighted by Gasteiger charge is -2.02. The van der Waals surface area contributed by atoms with Crippen LogP contribution in [0.2, 0.25) is 10.2 Å². The van der Waals surface area contributed by atoms with Crippen LogP contribution in [0.3, 0.4) is 0 Å². The smallest absolute Gasteiger partial charge is 0.147 e. The molecule has 0 aliphatic carbocycles. The van der Waals surface area contributed by atoms with Crippen molar-refractivity contribution in [2.75, 3.05) is 7.11 Å². The summed E-state index contributed by atoms with van der Waals surface area (Å²) in [5.41, 5.74) is 0.856. The monoisotopic (exact) mass is 191 g/mol. The number of ether oxygens (including phenoxy) is 1. The lowest BCUT2D eigenvalue weighted by molar-refractivity contribution is 0.185. The molecule has 0 aliphatic rings. The lowest BCUT2D eigenvalue weighted by atomic mass is 10.3. The maximum absolute atomic E-state index is 5.80. The number of halogens is 2. The van der Waals surface area contributed by atoms with Crippen LogP contribution in [-0.4, -0.2) is 12.1 Å². The van der Waals surface area contributed by atoms with Gasteiger partial charge in [-0.1, -0.05) is 23.2 Å². The minimum Gasteiger partial charge on any atom is -0.380 e. The number of pyridine rings is 1. The van der Waals surface area contributed by atoms with E-state index in [4.69, 9.17) is 27.9 Å². The Hall–Kier alpha value is -0.310. The average molecular weight is 192 g/mol. The van der Waals surface area contributed by atoms with Crippen LogP contribution >= 0.6 is 23.2 Å². The topological polar surface area (TPSA) is 22.1 Å². The summed E-state index contributed by atoms with van der Waals surface area (Å²) in [5, 5.41) is 0.789. The molecule has 0 radical (unpaired) electrons. The summed E-state index contributed by atoms with van der Waals surface area (Å²) >= 11 is 11.4. The van der Waals surface area contributed by atoms with Gasteiger partial charge in [0.15, 0.2) is 0 Å². The van der Waals surface area contributed by atoms with Crippen molar-refractivity contribution in [1.29, 1.82) is 0 Å². The minimum absolute atomic E-state index is 0.321. The molecule has 2 nitrogen and oxygen atoms in total. The normalized spacial score (nSPS) is 10.1. The Bertz CT molecular complexity index is 252. The highest BCUT2D eigenvalue weighted by Crippen LogP contribution is 2.23. The molecule has 0 bridgehead atoms. The Morgan fingerprint density at radius 2 is 2.27 bits per heavy atom. The number of nitrogens with zero attached hydrogens (tertiary/aromatic N) is 1. The summed E-state index contributed by atoms with van der Waals surface area (Å²) in [6, 6.07) is 1.78. The van der Waals surface area contributed by atoms with E-state index in [-0.39, 0.29) is 0 Å². The molecule has 0 unspecified atom stereocenters. The Morgan fingerprint density at radius 3 is 2.91 bits per heavy atom. The number of methoxy groups -OCH3 is 1. The third-order valence-electron chi connectivity index (χ3n) is 1.23. The summed E-state index contributed by atoms with van der Waals surface area (Å²) in [4.78, 5) is 3.80. The molecule has 4 heteroatoms.